The van der Waals surface area contributed by atoms with E-state index in [2.05, 4.69) is 38.3 Å². The second-order valence-corrected chi connectivity index (χ2v) is 29.1. The van der Waals surface area contributed by atoms with Crippen molar-refractivity contribution in [3.8, 4) is 0 Å². The number of Topliss-reactive ketones (excluding diaryl/α,β-unsaturated/α-hetero) is 1. The Morgan fingerprint density at radius 1 is 0.364 bits per heavy atom. The number of hydroxylamine groups is 2. The predicted molar refractivity (Wildman–Crippen MR) is 382 cm³/mol. The van der Waals surface area contributed by atoms with E-state index in [0.29, 0.717) is 45.4 Å². The van der Waals surface area contributed by atoms with E-state index in [1.165, 1.54) is 313 Å². The van der Waals surface area contributed by atoms with E-state index in [4.69, 9.17) is 5.11 Å². The highest BCUT2D eigenvalue weighted by Gasteiger charge is 2.26. The Bertz CT molecular complexity index is 1470. The lowest BCUT2D eigenvalue weighted by Crippen LogP contribution is -2.49. The Morgan fingerprint density at radius 2 is 0.625 bits per heavy atom. The number of unbranched alkanes of at least 4 members (excludes halogenated alkanes) is 40. The first-order chi connectivity index (χ1) is 42.8. The highest BCUT2D eigenvalue weighted by Crippen LogP contribution is 2.36. The van der Waals surface area contributed by atoms with Gasteiger partial charge in [-0.05, 0) is 70.1 Å². The summed E-state index contributed by atoms with van der Waals surface area (Å²) in [6, 6.07) is 0. The van der Waals surface area contributed by atoms with E-state index in [-0.39, 0.29) is 11.7 Å². The van der Waals surface area contributed by atoms with Gasteiger partial charge >= 0.3 is 5.97 Å². The van der Waals surface area contributed by atoms with Crippen LogP contribution < -0.4 is 10.6 Å². The van der Waals surface area contributed by atoms with Gasteiger partial charge in [-0.3, -0.25) is 14.4 Å². The minimum atomic E-state index is -0.660. The highest BCUT2D eigenvalue weighted by molar-refractivity contribution is 5.87. The molecule has 0 aliphatic heterocycles. The van der Waals surface area contributed by atoms with Crippen LogP contribution in [0.15, 0.2) is 0 Å². The largest absolute Gasteiger partial charge is 0.481 e. The molecule has 5 unspecified atom stereocenters. The van der Waals surface area contributed by atoms with Gasteiger partial charge in [0.25, 0.3) is 0 Å². The number of aliphatic hydroxyl groups excluding tert-OH is 1. The number of ketones is 1. The molecular weight excluding hydrogens is 1090 g/mol. The van der Waals surface area contributed by atoms with Gasteiger partial charge in [0, 0.05) is 45.4 Å². The average Bonchev–Trinajstić information content (AvgIpc) is 3.50. The number of rotatable bonds is 73. The molecule has 88 heavy (non-hydrogen) atoms. The number of aliphatic carboxylic acids is 1. The molecule has 0 bridgehead atoms. The molecule has 0 aromatic heterocycles. The molecular formula is C79H157N3O6. The summed E-state index contributed by atoms with van der Waals surface area (Å²) in [5, 5.41) is 36.4. The first-order valence-electron chi connectivity index (χ1n) is 39.7. The van der Waals surface area contributed by atoms with Crippen LogP contribution in [-0.4, -0.2) is 76.0 Å². The van der Waals surface area contributed by atoms with Crippen LogP contribution >= 0.6 is 0 Å². The van der Waals surface area contributed by atoms with Crippen LogP contribution in [0.5, 0.6) is 0 Å². The van der Waals surface area contributed by atoms with E-state index in [9.17, 15) is 24.7 Å². The monoisotopic (exact) mass is 1240 g/mol. The maximum absolute atomic E-state index is 13.4. The summed E-state index contributed by atoms with van der Waals surface area (Å²) in [6.07, 6.45) is 74.1. The Kier molecular flexibility index (Phi) is 64.4. The maximum atomic E-state index is 13.4. The van der Waals surface area contributed by atoms with Gasteiger partial charge in [-0.2, -0.15) is 5.06 Å². The summed E-state index contributed by atoms with van der Waals surface area (Å²) in [5.41, 5.74) is -0.584. The van der Waals surface area contributed by atoms with Gasteiger partial charge in [0.05, 0.1) is 11.6 Å². The molecule has 9 nitrogen and oxygen atoms in total. The van der Waals surface area contributed by atoms with Gasteiger partial charge in [0.1, 0.15) is 0 Å². The SMILES string of the molecule is CCCCCCCCC(CCCCCCCCC(=O)O)C(CCCCCCCC)CCCCCCCCC(=O)C(C)(C)NCCNC(=O)CCCCCCCCC(CCCCCCCC)C(CCCCCCCC)CCCCCCCCN(O)CC(C)O. The minimum Gasteiger partial charge on any atom is -0.481 e. The highest BCUT2D eigenvalue weighted by atomic mass is 16.5. The number of carbonyl (C=O) groups is 3. The lowest BCUT2D eigenvalue weighted by molar-refractivity contribution is -0.137. The fourth-order valence-electron chi connectivity index (χ4n) is 14.3. The molecule has 9 heteroatoms. The normalized spacial score (nSPS) is 13.8. The van der Waals surface area contributed by atoms with Gasteiger partial charge < -0.3 is 26.1 Å². The van der Waals surface area contributed by atoms with E-state index >= 15 is 0 Å². The van der Waals surface area contributed by atoms with Gasteiger partial charge in [-0.15, -0.1) is 0 Å². The summed E-state index contributed by atoms with van der Waals surface area (Å²) >= 11 is 0. The van der Waals surface area contributed by atoms with Crippen LogP contribution in [0.25, 0.3) is 0 Å². The van der Waals surface area contributed by atoms with Crippen LogP contribution in [0, 0.1) is 23.7 Å². The van der Waals surface area contributed by atoms with Gasteiger partial charge in [0.2, 0.25) is 5.91 Å². The molecule has 5 N–H and O–H groups in total. The lowest BCUT2D eigenvalue weighted by atomic mass is 9.78. The van der Waals surface area contributed by atoms with Crippen LogP contribution in [0.4, 0.5) is 0 Å². The summed E-state index contributed by atoms with van der Waals surface area (Å²) in [4.78, 5) is 37.1. The number of hydrogen-bond donors (Lipinski definition) is 5. The van der Waals surface area contributed by atoms with E-state index in [1.54, 1.807) is 6.92 Å². The first kappa shape index (κ1) is 86.5. The third-order valence-corrected chi connectivity index (χ3v) is 20.1. The molecule has 0 heterocycles. The molecule has 524 valence electrons. The average molecular weight is 1250 g/mol. The Balaban J connectivity index is 4.82. The van der Waals surface area contributed by atoms with E-state index < -0.39 is 17.6 Å². The molecule has 0 aliphatic rings. The lowest BCUT2D eigenvalue weighted by Gasteiger charge is -2.28. The van der Waals surface area contributed by atoms with Crippen molar-refractivity contribution in [1.82, 2.24) is 15.7 Å². The molecule has 0 aromatic rings. The fraction of sp³-hybridized carbons (Fsp3) is 0.962. The molecule has 0 rings (SSSR count). The number of carbonyl (C=O) groups excluding carboxylic acids is 2. The fourth-order valence-corrected chi connectivity index (χ4v) is 14.3. The zero-order valence-electron chi connectivity index (χ0n) is 60.4. The summed E-state index contributed by atoms with van der Waals surface area (Å²) in [5.74, 6) is 3.20. The predicted octanol–water partition coefficient (Wildman–Crippen LogP) is 23.8. The van der Waals surface area contributed by atoms with Crippen molar-refractivity contribution in [1.29, 1.82) is 0 Å². The molecule has 0 saturated heterocycles. The third-order valence-electron chi connectivity index (χ3n) is 20.1. The van der Waals surface area contributed by atoms with Gasteiger partial charge in [-0.1, -0.05) is 362 Å². The summed E-state index contributed by atoms with van der Waals surface area (Å²) in [7, 11) is 0. The zero-order chi connectivity index (χ0) is 64.7. The van der Waals surface area contributed by atoms with Crippen molar-refractivity contribution >= 4 is 17.7 Å². The van der Waals surface area contributed by atoms with E-state index in [1.807, 2.05) is 13.8 Å². The topological polar surface area (TPSA) is 139 Å². The molecule has 0 aliphatic carbocycles. The Morgan fingerprint density at radius 3 is 0.920 bits per heavy atom. The molecule has 0 spiro atoms. The molecule has 0 saturated carbocycles. The number of amides is 1. The van der Waals surface area contributed by atoms with E-state index in [0.717, 1.165) is 75.0 Å². The second-order valence-electron chi connectivity index (χ2n) is 29.1. The summed E-state index contributed by atoms with van der Waals surface area (Å²) in [6.45, 7) is 17.2. The molecule has 5 atom stereocenters. The van der Waals surface area contributed by atoms with Crippen molar-refractivity contribution in [3.63, 3.8) is 0 Å². The van der Waals surface area contributed by atoms with Gasteiger partial charge in [-0.25, -0.2) is 0 Å². The zero-order valence-corrected chi connectivity index (χ0v) is 60.4. The Labute approximate surface area is 549 Å². The Hall–Kier alpha value is -1.55. The molecule has 0 aromatic carbocycles. The van der Waals surface area contributed by atoms with Crippen molar-refractivity contribution in [3.05, 3.63) is 0 Å². The standard InChI is InChI=1S/C79H157N3O6/c1-8-12-16-20-32-44-56-72(74(58-46-34-22-18-14-10-3)62-50-38-26-29-42-54-66-78(86)87)60-48-36-24-27-40-52-64-76(84)79(6,7)81-68-67-80-77(85)65-53-41-28-25-37-49-61-73(57-45-33-21-17-13-9-2)75(59-47-35-23-19-15-11-4)63-51-39-30-31-43-55-69-82(88)70-71(5)83/h71-75,81,83,88H,8-70H2,1-7H3,(H,80,85)(H,86,87). The number of carboxylic acids is 1. The van der Waals surface area contributed by atoms with Gasteiger partial charge in [0.15, 0.2) is 5.78 Å². The number of nitrogens with zero attached hydrogens (tertiary/aromatic N) is 1. The second kappa shape index (κ2) is 65.5. The van der Waals surface area contributed by atoms with Crippen molar-refractivity contribution in [2.24, 2.45) is 23.7 Å². The number of aliphatic hydroxyl groups is 1. The smallest absolute Gasteiger partial charge is 0.303 e. The first-order valence-corrected chi connectivity index (χ1v) is 39.7. The van der Waals surface area contributed by atoms with Crippen molar-refractivity contribution in [2.45, 2.75) is 439 Å². The molecule has 0 radical (unpaired) electrons. The number of hydrogen-bond acceptors (Lipinski definition) is 7. The number of carboxylic acid groups (broad SMARTS) is 1. The van der Waals surface area contributed by atoms with Crippen molar-refractivity contribution < 1.29 is 29.8 Å². The van der Waals surface area contributed by atoms with Crippen LogP contribution in [0.2, 0.25) is 0 Å². The third kappa shape index (κ3) is 58.3. The molecule has 0 fully saturated rings. The minimum absolute atomic E-state index is 0.137. The molecule has 1 amide bonds. The maximum Gasteiger partial charge on any atom is 0.303 e. The van der Waals surface area contributed by atoms with Crippen molar-refractivity contribution in [2.75, 3.05) is 26.2 Å². The summed E-state index contributed by atoms with van der Waals surface area (Å²) < 4.78 is 0. The number of nitrogens with one attached hydrogen (secondary N) is 2. The van der Waals surface area contributed by atoms with Crippen LogP contribution in [0.1, 0.15) is 427 Å². The quantitative estimate of drug-likeness (QED) is 0.0300. The van der Waals surface area contributed by atoms with Crippen LogP contribution in [0.3, 0.4) is 0 Å². The van der Waals surface area contributed by atoms with Crippen LogP contribution in [-0.2, 0) is 14.4 Å².